The van der Waals surface area contributed by atoms with Gasteiger partial charge in [-0.3, -0.25) is 4.79 Å². The highest BCUT2D eigenvalue weighted by atomic mass is 32.2. The zero-order chi connectivity index (χ0) is 16.5. The third-order valence-corrected chi connectivity index (χ3v) is 4.82. The molecule has 1 fully saturated rings. The number of urea groups is 1. The quantitative estimate of drug-likeness (QED) is 0.777. The Morgan fingerprint density at radius 1 is 1.09 bits per heavy atom. The summed E-state index contributed by atoms with van der Waals surface area (Å²) in [5.74, 6) is -0.256. The van der Waals surface area contributed by atoms with Crippen molar-refractivity contribution < 1.29 is 18.0 Å². The van der Waals surface area contributed by atoms with Crippen LogP contribution in [0, 0.1) is 0 Å². The predicted octanol–water partition coefficient (Wildman–Crippen LogP) is 2.05. The van der Waals surface area contributed by atoms with Gasteiger partial charge in [0.2, 0.25) is 0 Å². The molecule has 0 aromatic heterocycles. The molecular formula is C15H20N2O4S. The molecule has 6 nitrogen and oxygen atoms in total. The second-order valence-corrected chi connectivity index (χ2v) is 7.36. The standard InChI is InChI=1S/C15H20N2O4S/c1-4-10-16-13(5-2)14(18)17(15(16)19)11-6-8-12(9-7-11)22(3,20)21/h6-9,13H,4-5,10H2,1-3H3. The van der Waals surface area contributed by atoms with Crippen molar-refractivity contribution in [1.29, 1.82) is 0 Å². The number of nitrogens with zero attached hydrogens (tertiary/aromatic N) is 2. The van der Waals surface area contributed by atoms with E-state index in [1.54, 1.807) is 4.90 Å². The lowest BCUT2D eigenvalue weighted by Crippen LogP contribution is -2.35. The number of carbonyl (C=O) groups excluding carboxylic acids is 2. The SMILES string of the molecule is CCCN1C(=O)N(c2ccc(S(C)(=O)=O)cc2)C(=O)C1CC. The molecule has 0 aliphatic carbocycles. The first kappa shape index (κ1) is 16.5. The molecule has 3 amide bonds. The number of hydrogen-bond acceptors (Lipinski definition) is 4. The molecule has 0 radical (unpaired) electrons. The summed E-state index contributed by atoms with van der Waals surface area (Å²) in [6.45, 7) is 4.35. The van der Waals surface area contributed by atoms with E-state index in [9.17, 15) is 18.0 Å². The summed E-state index contributed by atoms with van der Waals surface area (Å²) in [7, 11) is -3.30. The second kappa shape index (κ2) is 6.08. The van der Waals surface area contributed by atoms with Gasteiger partial charge in [-0.05, 0) is 37.1 Å². The first-order valence-electron chi connectivity index (χ1n) is 7.26. The van der Waals surface area contributed by atoms with Crippen LogP contribution < -0.4 is 4.90 Å². The van der Waals surface area contributed by atoms with Gasteiger partial charge >= 0.3 is 6.03 Å². The van der Waals surface area contributed by atoms with Crippen LogP contribution in [0.15, 0.2) is 29.2 Å². The number of rotatable bonds is 5. The zero-order valence-electron chi connectivity index (χ0n) is 12.9. The summed E-state index contributed by atoms with van der Waals surface area (Å²) < 4.78 is 22.9. The summed E-state index contributed by atoms with van der Waals surface area (Å²) in [6.07, 6.45) is 2.45. The van der Waals surface area contributed by atoms with Crippen LogP contribution in [0.25, 0.3) is 0 Å². The molecule has 0 bridgehead atoms. The second-order valence-electron chi connectivity index (χ2n) is 5.34. The number of benzene rings is 1. The molecule has 22 heavy (non-hydrogen) atoms. The summed E-state index contributed by atoms with van der Waals surface area (Å²) in [5.41, 5.74) is 0.402. The summed E-state index contributed by atoms with van der Waals surface area (Å²) >= 11 is 0. The van der Waals surface area contributed by atoms with E-state index in [1.807, 2.05) is 13.8 Å². The van der Waals surface area contributed by atoms with Gasteiger partial charge in [0, 0.05) is 12.8 Å². The van der Waals surface area contributed by atoms with Crippen molar-refractivity contribution in [2.75, 3.05) is 17.7 Å². The average Bonchev–Trinajstić information content (AvgIpc) is 2.69. The van der Waals surface area contributed by atoms with Crippen LogP contribution in [0.1, 0.15) is 26.7 Å². The van der Waals surface area contributed by atoms with Crippen molar-refractivity contribution in [3.63, 3.8) is 0 Å². The van der Waals surface area contributed by atoms with E-state index in [2.05, 4.69) is 0 Å². The molecule has 2 rings (SSSR count). The number of anilines is 1. The fourth-order valence-corrected chi connectivity index (χ4v) is 3.24. The van der Waals surface area contributed by atoms with E-state index in [-0.39, 0.29) is 16.8 Å². The molecule has 0 N–H and O–H groups in total. The molecule has 1 aromatic rings. The first-order chi connectivity index (χ1) is 10.3. The van der Waals surface area contributed by atoms with Crippen LogP contribution >= 0.6 is 0 Å². The minimum absolute atomic E-state index is 0.160. The lowest BCUT2D eigenvalue weighted by Gasteiger charge is -2.19. The van der Waals surface area contributed by atoms with Crippen molar-refractivity contribution >= 4 is 27.5 Å². The third kappa shape index (κ3) is 2.85. The van der Waals surface area contributed by atoms with E-state index >= 15 is 0 Å². The summed E-state index contributed by atoms with van der Waals surface area (Å²) in [5, 5.41) is 0. The Morgan fingerprint density at radius 3 is 2.14 bits per heavy atom. The van der Waals surface area contributed by atoms with Crippen molar-refractivity contribution in [3.05, 3.63) is 24.3 Å². The fraction of sp³-hybridized carbons (Fsp3) is 0.467. The van der Waals surface area contributed by atoms with Gasteiger partial charge in [0.1, 0.15) is 6.04 Å². The zero-order valence-corrected chi connectivity index (χ0v) is 13.8. The maximum Gasteiger partial charge on any atom is 0.332 e. The highest BCUT2D eigenvalue weighted by Crippen LogP contribution is 2.27. The van der Waals surface area contributed by atoms with E-state index in [1.165, 1.54) is 24.3 Å². The van der Waals surface area contributed by atoms with Gasteiger partial charge < -0.3 is 4.90 Å². The van der Waals surface area contributed by atoms with E-state index in [0.717, 1.165) is 17.6 Å². The maximum atomic E-state index is 12.5. The molecule has 1 saturated heterocycles. The molecule has 7 heteroatoms. The normalized spacial score (nSPS) is 19.1. The third-order valence-electron chi connectivity index (χ3n) is 3.69. The molecule has 1 aromatic carbocycles. The van der Waals surface area contributed by atoms with Gasteiger partial charge in [0.05, 0.1) is 10.6 Å². The molecule has 0 saturated carbocycles. The Hall–Kier alpha value is -1.89. The minimum Gasteiger partial charge on any atom is -0.312 e. The van der Waals surface area contributed by atoms with Gasteiger partial charge in [-0.25, -0.2) is 18.1 Å². The fourth-order valence-electron chi connectivity index (χ4n) is 2.61. The minimum atomic E-state index is -3.30. The molecule has 1 aliphatic rings. The molecule has 1 aliphatic heterocycles. The Morgan fingerprint density at radius 2 is 1.68 bits per heavy atom. The highest BCUT2D eigenvalue weighted by molar-refractivity contribution is 7.90. The molecule has 120 valence electrons. The van der Waals surface area contributed by atoms with E-state index in [4.69, 9.17) is 0 Å². The van der Waals surface area contributed by atoms with Crippen LogP contribution in [-0.2, 0) is 14.6 Å². The number of carbonyl (C=O) groups is 2. The largest absolute Gasteiger partial charge is 0.332 e. The van der Waals surface area contributed by atoms with E-state index < -0.39 is 15.9 Å². The van der Waals surface area contributed by atoms with Crippen LogP contribution in [0.3, 0.4) is 0 Å². The van der Waals surface area contributed by atoms with Crippen LogP contribution in [0.4, 0.5) is 10.5 Å². The van der Waals surface area contributed by atoms with Gasteiger partial charge in [-0.1, -0.05) is 13.8 Å². The monoisotopic (exact) mass is 324 g/mol. The summed E-state index contributed by atoms with van der Waals surface area (Å²) in [6, 6.07) is 5.03. The lowest BCUT2D eigenvalue weighted by molar-refractivity contribution is -0.119. The number of imide groups is 1. The number of sulfone groups is 1. The van der Waals surface area contributed by atoms with Crippen LogP contribution in [-0.4, -0.2) is 44.1 Å². The molecule has 1 atom stereocenters. The molecule has 1 heterocycles. The number of amides is 3. The highest BCUT2D eigenvalue weighted by Gasteiger charge is 2.44. The smallest absolute Gasteiger partial charge is 0.312 e. The van der Waals surface area contributed by atoms with Crippen LogP contribution in [0.5, 0.6) is 0 Å². The molecule has 1 unspecified atom stereocenters. The average molecular weight is 324 g/mol. The molecular weight excluding hydrogens is 304 g/mol. The van der Waals surface area contributed by atoms with Crippen molar-refractivity contribution in [3.8, 4) is 0 Å². The van der Waals surface area contributed by atoms with Gasteiger partial charge in [0.25, 0.3) is 5.91 Å². The Balaban J connectivity index is 2.36. The summed E-state index contributed by atoms with van der Waals surface area (Å²) in [4.78, 5) is 27.8. The Kier molecular flexibility index (Phi) is 4.55. The predicted molar refractivity (Wildman–Crippen MR) is 83.5 cm³/mol. The number of hydrogen-bond donors (Lipinski definition) is 0. The van der Waals surface area contributed by atoms with Gasteiger partial charge in [0.15, 0.2) is 9.84 Å². The lowest BCUT2D eigenvalue weighted by atomic mass is 10.2. The maximum absolute atomic E-state index is 12.5. The topological polar surface area (TPSA) is 74.8 Å². The first-order valence-corrected chi connectivity index (χ1v) is 9.15. The van der Waals surface area contributed by atoms with Crippen molar-refractivity contribution in [1.82, 2.24) is 4.90 Å². The van der Waals surface area contributed by atoms with Crippen LogP contribution in [0.2, 0.25) is 0 Å². The van der Waals surface area contributed by atoms with Crippen molar-refractivity contribution in [2.24, 2.45) is 0 Å². The Bertz CT molecular complexity index is 682. The van der Waals surface area contributed by atoms with Gasteiger partial charge in [-0.15, -0.1) is 0 Å². The molecule has 0 spiro atoms. The van der Waals surface area contributed by atoms with Crippen molar-refractivity contribution in [2.45, 2.75) is 37.6 Å². The van der Waals surface area contributed by atoms with Gasteiger partial charge in [-0.2, -0.15) is 0 Å². The Labute approximate surface area is 130 Å². The van der Waals surface area contributed by atoms with E-state index in [0.29, 0.717) is 18.7 Å².